The molecule has 0 fully saturated rings. The normalized spacial score (nSPS) is 12.8. The van der Waals surface area contributed by atoms with E-state index in [0.717, 1.165) is 22.6 Å². The summed E-state index contributed by atoms with van der Waals surface area (Å²) in [5, 5.41) is 7.32. The number of nitrogens with one attached hydrogen (secondary N) is 2. The fourth-order valence-electron chi connectivity index (χ4n) is 1.34. The predicted molar refractivity (Wildman–Crippen MR) is 69.4 cm³/mol. The number of halogens is 2. The van der Waals surface area contributed by atoms with Gasteiger partial charge in [-0.2, -0.15) is 0 Å². The fourth-order valence-corrected chi connectivity index (χ4v) is 1.92. The summed E-state index contributed by atoms with van der Waals surface area (Å²) in [6.07, 6.45) is 0. The molecule has 1 atom stereocenters. The Labute approximate surface area is 105 Å². The van der Waals surface area contributed by atoms with Crippen molar-refractivity contribution in [2.24, 2.45) is 0 Å². The van der Waals surface area contributed by atoms with Gasteiger partial charge in [0, 0.05) is 28.6 Å². The lowest BCUT2D eigenvalue weighted by atomic mass is 10.2. The molecule has 0 heterocycles. The zero-order chi connectivity index (χ0) is 11.3. The first-order chi connectivity index (χ1) is 7.13. The molecule has 0 saturated heterocycles. The molecule has 0 radical (unpaired) electrons. The highest BCUT2D eigenvalue weighted by atomic mass is 79.9. The monoisotopic (exact) mass is 290 g/mol. The molecule has 1 aromatic rings. The topological polar surface area (TPSA) is 24.1 Å². The van der Waals surface area contributed by atoms with Crippen LogP contribution in [0.1, 0.15) is 12.5 Å². The number of likely N-dealkylation sites (N-methyl/N-ethyl adjacent to an activating group) is 1. The van der Waals surface area contributed by atoms with Crippen LogP contribution in [0.5, 0.6) is 0 Å². The van der Waals surface area contributed by atoms with Gasteiger partial charge in [0.2, 0.25) is 0 Å². The summed E-state index contributed by atoms with van der Waals surface area (Å²) in [5.74, 6) is 0. The Kier molecular flexibility index (Phi) is 5.61. The van der Waals surface area contributed by atoms with Gasteiger partial charge in [-0.1, -0.05) is 27.5 Å². The second kappa shape index (κ2) is 6.48. The summed E-state index contributed by atoms with van der Waals surface area (Å²) < 4.78 is 1.09. The fraction of sp³-hybridized carbons (Fsp3) is 0.455. The summed E-state index contributed by atoms with van der Waals surface area (Å²) in [7, 11) is 1.95. The van der Waals surface area contributed by atoms with Crippen molar-refractivity contribution in [1.82, 2.24) is 10.6 Å². The Bertz CT molecular complexity index is 317. The molecule has 84 valence electrons. The largest absolute Gasteiger partial charge is 0.318 e. The maximum absolute atomic E-state index is 5.93. The molecule has 0 aliphatic rings. The van der Waals surface area contributed by atoms with Gasteiger partial charge in [-0.05, 0) is 37.7 Å². The second-order valence-corrected chi connectivity index (χ2v) is 4.87. The third-order valence-electron chi connectivity index (χ3n) is 2.16. The highest BCUT2D eigenvalue weighted by Crippen LogP contribution is 2.20. The minimum absolute atomic E-state index is 0.445. The molecule has 0 amide bonds. The number of hydrogen-bond donors (Lipinski definition) is 2. The van der Waals surface area contributed by atoms with Gasteiger partial charge >= 0.3 is 0 Å². The zero-order valence-corrected chi connectivity index (χ0v) is 11.3. The van der Waals surface area contributed by atoms with Crippen molar-refractivity contribution >= 4 is 27.5 Å². The van der Waals surface area contributed by atoms with Crippen molar-refractivity contribution in [3.63, 3.8) is 0 Å². The first-order valence-corrected chi connectivity index (χ1v) is 6.12. The van der Waals surface area contributed by atoms with Crippen LogP contribution in [0.2, 0.25) is 5.02 Å². The molecular weight excluding hydrogens is 275 g/mol. The molecule has 0 aliphatic heterocycles. The van der Waals surface area contributed by atoms with E-state index < -0.39 is 0 Å². The van der Waals surface area contributed by atoms with E-state index in [9.17, 15) is 0 Å². The van der Waals surface area contributed by atoms with Gasteiger partial charge in [0.1, 0.15) is 0 Å². The molecule has 0 saturated carbocycles. The Morgan fingerprint density at radius 2 is 2.20 bits per heavy atom. The summed E-state index contributed by atoms with van der Waals surface area (Å²) in [5.41, 5.74) is 1.19. The van der Waals surface area contributed by atoms with Crippen molar-refractivity contribution in [2.45, 2.75) is 19.5 Å². The van der Waals surface area contributed by atoms with Gasteiger partial charge < -0.3 is 10.6 Å². The Morgan fingerprint density at radius 3 is 2.87 bits per heavy atom. The maximum Gasteiger partial charge on any atom is 0.0410 e. The van der Waals surface area contributed by atoms with Crippen LogP contribution in [0.3, 0.4) is 0 Å². The first-order valence-electron chi connectivity index (χ1n) is 4.95. The van der Waals surface area contributed by atoms with Crippen LogP contribution >= 0.6 is 27.5 Å². The summed E-state index contributed by atoms with van der Waals surface area (Å²) in [4.78, 5) is 0. The predicted octanol–water partition coefficient (Wildman–Crippen LogP) is 2.80. The molecule has 0 aromatic heterocycles. The lowest BCUT2D eigenvalue weighted by molar-refractivity contribution is 0.522. The van der Waals surface area contributed by atoms with Crippen molar-refractivity contribution < 1.29 is 0 Å². The van der Waals surface area contributed by atoms with Crippen LogP contribution in [0.15, 0.2) is 22.7 Å². The average molecular weight is 292 g/mol. The lowest BCUT2D eigenvalue weighted by Crippen LogP contribution is -2.34. The molecule has 0 spiro atoms. The average Bonchev–Trinajstić information content (AvgIpc) is 2.20. The Morgan fingerprint density at radius 1 is 1.47 bits per heavy atom. The van der Waals surface area contributed by atoms with Crippen LogP contribution in [0.4, 0.5) is 0 Å². The first kappa shape index (κ1) is 13.0. The van der Waals surface area contributed by atoms with Gasteiger partial charge in [0.25, 0.3) is 0 Å². The molecule has 2 nitrogen and oxygen atoms in total. The SMILES string of the molecule is CNCC(C)NCc1cc(Cl)ccc1Br. The van der Waals surface area contributed by atoms with E-state index in [-0.39, 0.29) is 0 Å². The molecule has 15 heavy (non-hydrogen) atoms. The van der Waals surface area contributed by atoms with E-state index in [0.29, 0.717) is 6.04 Å². The molecular formula is C11H16BrClN2. The standard InChI is InChI=1S/C11H16BrClN2/c1-8(6-14-2)15-7-9-5-10(13)3-4-11(9)12/h3-5,8,14-15H,6-7H2,1-2H3. The van der Waals surface area contributed by atoms with E-state index in [2.05, 4.69) is 33.5 Å². The quantitative estimate of drug-likeness (QED) is 0.872. The van der Waals surface area contributed by atoms with E-state index in [1.54, 1.807) is 0 Å². The van der Waals surface area contributed by atoms with Crippen molar-refractivity contribution in [1.29, 1.82) is 0 Å². The van der Waals surface area contributed by atoms with Gasteiger partial charge in [0.15, 0.2) is 0 Å². The molecule has 1 rings (SSSR count). The smallest absolute Gasteiger partial charge is 0.0410 e. The van der Waals surface area contributed by atoms with Gasteiger partial charge in [-0.3, -0.25) is 0 Å². The molecule has 0 aliphatic carbocycles. The summed E-state index contributed by atoms with van der Waals surface area (Å²) >= 11 is 9.44. The number of rotatable bonds is 5. The van der Waals surface area contributed by atoms with Crippen molar-refractivity contribution in [3.05, 3.63) is 33.3 Å². The van der Waals surface area contributed by atoms with E-state index in [4.69, 9.17) is 11.6 Å². The van der Waals surface area contributed by atoms with Crippen LogP contribution in [0, 0.1) is 0 Å². The van der Waals surface area contributed by atoms with Crippen LogP contribution < -0.4 is 10.6 Å². The molecule has 4 heteroatoms. The number of hydrogen-bond acceptors (Lipinski definition) is 2. The van der Waals surface area contributed by atoms with Crippen molar-refractivity contribution in [3.8, 4) is 0 Å². The molecule has 1 aromatic carbocycles. The minimum Gasteiger partial charge on any atom is -0.318 e. The third kappa shape index (κ3) is 4.51. The molecule has 1 unspecified atom stereocenters. The van der Waals surface area contributed by atoms with Gasteiger partial charge in [0.05, 0.1) is 0 Å². The molecule has 2 N–H and O–H groups in total. The Hall–Kier alpha value is -0.0900. The van der Waals surface area contributed by atoms with E-state index >= 15 is 0 Å². The summed E-state index contributed by atoms with van der Waals surface area (Å²) in [6, 6.07) is 6.28. The van der Waals surface area contributed by atoms with Crippen LogP contribution in [-0.4, -0.2) is 19.6 Å². The van der Waals surface area contributed by atoms with E-state index in [1.807, 2.05) is 25.2 Å². The van der Waals surface area contributed by atoms with E-state index in [1.165, 1.54) is 5.56 Å². The van der Waals surface area contributed by atoms with Crippen LogP contribution in [0.25, 0.3) is 0 Å². The maximum atomic E-state index is 5.93. The minimum atomic E-state index is 0.445. The number of benzene rings is 1. The summed E-state index contributed by atoms with van der Waals surface area (Å²) in [6.45, 7) is 3.93. The second-order valence-electron chi connectivity index (χ2n) is 3.58. The van der Waals surface area contributed by atoms with Crippen LogP contribution in [-0.2, 0) is 6.54 Å². The highest BCUT2D eigenvalue weighted by Gasteiger charge is 2.03. The zero-order valence-electron chi connectivity index (χ0n) is 8.98. The van der Waals surface area contributed by atoms with Gasteiger partial charge in [-0.25, -0.2) is 0 Å². The molecule has 0 bridgehead atoms. The Balaban J connectivity index is 2.53. The highest BCUT2D eigenvalue weighted by molar-refractivity contribution is 9.10. The lowest BCUT2D eigenvalue weighted by Gasteiger charge is -2.14. The van der Waals surface area contributed by atoms with Gasteiger partial charge in [-0.15, -0.1) is 0 Å². The van der Waals surface area contributed by atoms with Crippen molar-refractivity contribution in [2.75, 3.05) is 13.6 Å². The third-order valence-corrected chi connectivity index (χ3v) is 3.17.